The lowest BCUT2D eigenvalue weighted by molar-refractivity contribution is -0.140. The summed E-state index contributed by atoms with van der Waals surface area (Å²) in [6.45, 7) is -1.02. The van der Waals surface area contributed by atoms with E-state index in [-0.39, 0.29) is 5.91 Å². The van der Waals surface area contributed by atoms with Gasteiger partial charge in [0, 0.05) is 17.4 Å². The molecule has 0 bridgehead atoms. The molecule has 2 amide bonds. The Balaban J connectivity index is 1.75. The summed E-state index contributed by atoms with van der Waals surface area (Å²) < 4.78 is 12.7. The summed E-state index contributed by atoms with van der Waals surface area (Å²) in [4.78, 5) is 52.4. The molecule has 0 radical (unpaired) electrons. The number of likely N-dealkylation sites (tertiary alicyclic amines) is 1. The number of alkyl halides is 1. The number of aromatic amines is 1. The number of fused-ring (bicyclic) bond motifs is 1. The molecule has 2 atom stereocenters. The quantitative estimate of drug-likeness (QED) is 0.659. The van der Waals surface area contributed by atoms with Crippen LogP contribution in [0.1, 0.15) is 29.8 Å². The largest absolute Gasteiger partial charge is 0.481 e. The van der Waals surface area contributed by atoms with Crippen molar-refractivity contribution in [3.05, 3.63) is 36.0 Å². The summed E-state index contributed by atoms with van der Waals surface area (Å²) >= 11 is 0. The summed E-state index contributed by atoms with van der Waals surface area (Å²) in [6.07, 6.45) is 0.253. The molecule has 1 aromatic heterocycles. The summed E-state index contributed by atoms with van der Waals surface area (Å²) in [7, 11) is 0. The van der Waals surface area contributed by atoms with Gasteiger partial charge in [-0.2, -0.15) is 0 Å². The number of carbonyl (C=O) groups is 4. The number of carboxylic acid groups (broad SMARTS) is 1. The monoisotopic (exact) mass is 389 g/mol. The normalized spacial score (nSPS) is 17.5. The van der Waals surface area contributed by atoms with Gasteiger partial charge in [0.15, 0.2) is 5.78 Å². The molecule has 0 unspecified atom stereocenters. The molecule has 1 saturated heterocycles. The fourth-order valence-corrected chi connectivity index (χ4v) is 3.41. The molecule has 2 heterocycles. The summed E-state index contributed by atoms with van der Waals surface area (Å²) in [5.74, 6) is -3.36. The molecule has 9 heteroatoms. The number of nitrogens with zero attached hydrogens (tertiary/aromatic N) is 1. The Kier molecular flexibility index (Phi) is 5.72. The lowest BCUT2D eigenvalue weighted by atomic mass is 10.1. The average molecular weight is 389 g/mol. The van der Waals surface area contributed by atoms with Crippen molar-refractivity contribution in [3.63, 3.8) is 0 Å². The van der Waals surface area contributed by atoms with Crippen molar-refractivity contribution in [3.8, 4) is 0 Å². The highest BCUT2D eigenvalue weighted by molar-refractivity contribution is 6.01. The fourth-order valence-electron chi connectivity index (χ4n) is 3.41. The molecule has 0 spiro atoms. The molecular weight excluding hydrogens is 369 g/mol. The number of aromatic nitrogens is 1. The van der Waals surface area contributed by atoms with E-state index < -0.39 is 42.8 Å². The number of carbonyl (C=O) groups excluding carboxylic acids is 3. The van der Waals surface area contributed by atoms with Gasteiger partial charge in [0.2, 0.25) is 5.91 Å². The number of amides is 2. The van der Waals surface area contributed by atoms with Crippen molar-refractivity contribution >= 4 is 34.5 Å². The van der Waals surface area contributed by atoms with Crippen molar-refractivity contribution in [1.29, 1.82) is 0 Å². The van der Waals surface area contributed by atoms with E-state index >= 15 is 0 Å². The number of hydrogen-bond acceptors (Lipinski definition) is 4. The van der Waals surface area contributed by atoms with Gasteiger partial charge in [-0.1, -0.05) is 18.2 Å². The second-order valence-electron chi connectivity index (χ2n) is 6.69. The minimum absolute atomic E-state index is 0.336. The predicted octanol–water partition coefficient (Wildman–Crippen LogP) is 1.27. The van der Waals surface area contributed by atoms with Crippen LogP contribution in [-0.2, 0) is 14.4 Å². The number of carboxylic acids is 1. The molecule has 1 aliphatic rings. The molecule has 8 nitrogen and oxygen atoms in total. The third kappa shape index (κ3) is 4.03. The van der Waals surface area contributed by atoms with Crippen molar-refractivity contribution in [1.82, 2.24) is 15.2 Å². The van der Waals surface area contributed by atoms with Crippen LogP contribution in [0, 0.1) is 0 Å². The Labute approximate surface area is 159 Å². The van der Waals surface area contributed by atoms with Gasteiger partial charge in [0.25, 0.3) is 5.91 Å². The van der Waals surface area contributed by atoms with Crippen LogP contribution < -0.4 is 5.32 Å². The fraction of sp³-hybridized carbons (Fsp3) is 0.368. The number of Topliss-reactive ketones (excluding diaryl/α,β-unsaturated/α-hetero) is 1. The van der Waals surface area contributed by atoms with Crippen LogP contribution in [0.15, 0.2) is 30.3 Å². The maximum absolute atomic E-state index is 12.9. The maximum atomic E-state index is 12.9. The number of aliphatic carboxylic acids is 1. The van der Waals surface area contributed by atoms with Crippen molar-refractivity contribution < 1.29 is 28.7 Å². The topological polar surface area (TPSA) is 120 Å². The zero-order chi connectivity index (χ0) is 20.3. The van der Waals surface area contributed by atoms with Crippen LogP contribution in [0.3, 0.4) is 0 Å². The van der Waals surface area contributed by atoms with E-state index in [1.54, 1.807) is 6.07 Å². The van der Waals surface area contributed by atoms with E-state index in [1.807, 2.05) is 24.3 Å². The Bertz CT molecular complexity index is 892. The molecule has 1 fully saturated rings. The minimum atomic E-state index is -1.46. The lowest BCUT2D eigenvalue weighted by Gasteiger charge is -2.25. The third-order valence-electron chi connectivity index (χ3n) is 4.79. The predicted molar refractivity (Wildman–Crippen MR) is 97.5 cm³/mol. The first-order chi connectivity index (χ1) is 13.4. The molecule has 3 rings (SSSR count). The van der Waals surface area contributed by atoms with Crippen LogP contribution in [0.5, 0.6) is 0 Å². The minimum Gasteiger partial charge on any atom is -0.481 e. The van der Waals surface area contributed by atoms with Gasteiger partial charge in [0.1, 0.15) is 24.5 Å². The Morgan fingerprint density at radius 3 is 2.71 bits per heavy atom. The van der Waals surface area contributed by atoms with Gasteiger partial charge in [-0.15, -0.1) is 0 Å². The molecule has 148 valence electrons. The Hall–Kier alpha value is -3.23. The number of halogens is 1. The van der Waals surface area contributed by atoms with Crippen LogP contribution in [0.2, 0.25) is 0 Å². The van der Waals surface area contributed by atoms with Crippen LogP contribution in [0.4, 0.5) is 4.39 Å². The number of nitrogens with one attached hydrogen (secondary N) is 2. The first kappa shape index (κ1) is 19.5. The van der Waals surface area contributed by atoms with Gasteiger partial charge < -0.3 is 20.3 Å². The molecule has 0 saturated carbocycles. The second-order valence-corrected chi connectivity index (χ2v) is 6.69. The summed E-state index contributed by atoms with van der Waals surface area (Å²) in [6, 6.07) is 6.77. The Morgan fingerprint density at radius 1 is 1.29 bits per heavy atom. The smallest absolute Gasteiger partial charge is 0.305 e. The van der Waals surface area contributed by atoms with E-state index in [0.717, 1.165) is 10.9 Å². The molecule has 2 aromatic rings. The lowest BCUT2D eigenvalue weighted by Crippen LogP contribution is -2.51. The highest BCUT2D eigenvalue weighted by Crippen LogP contribution is 2.22. The van der Waals surface area contributed by atoms with E-state index in [9.17, 15) is 23.6 Å². The highest BCUT2D eigenvalue weighted by Gasteiger charge is 2.37. The van der Waals surface area contributed by atoms with Crippen molar-refractivity contribution in [2.24, 2.45) is 0 Å². The first-order valence-corrected chi connectivity index (χ1v) is 8.90. The summed E-state index contributed by atoms with van der Waals surface area (Å²) in [5.41, 5.74) is 1.13. The maximum Gasteiger partial charge on any atom is 0.305 e. The molecular formula is C19H20FN3O5. The summed E-state index contributed by atoms with van der Waals surface area (Å²) in [5, 5.41) is 12.0. The molecule has 1 aromatic carbocycles. The Morgan fingerprint density at radius 2 is 2.04 bits per heavy atom. The zero-order valence-electron chi connectivity index (χ0n) is 15.0. The van der Waals surface area contributed by atoms with Gasteiger partial charge in [-0.3, -0.25) is 19.2 Å². The standard InChI is InChI=1S/C19H20FN3O5/c20-10-16(24)13(9-17(25)26)22-18(27)15-6-3-7-23(15)19(28)14-8-11-4-1-2-5-12(11)21-14/h1-2,4-5,8,13,15,21H,3,6-7,9-10H2,(H,22,27)(H,25,26)/t13-,15-/m0/s1. The SMILES string of the molecule is O=C(O)C[C@H](NC(=O)[C@@H]1CCCN1C(=O)c1cc2ccccc2[nH]1)C(=O)CF. The molecule has 28 heavy (non-hydrogen) atoms. The number of hydrogen-bond donors (Lipinski definition) is 3. The first-order valence-electron chi connectivity index (χ1n) is 8.90. The number of rotatable bonds is 7. The number of para-hydroxylation sites is 1. The van der Waals surface area contributed by atoms with Crippen LogP contribution in [-0.4, -0.2) is 63.9 Å². The van der Waals surface area contributed by atoms with E-state index in [1.165, 1.54) is 4.90 Å². The van der Waals surface area contributed by atoms with E-state index in [0.29, 0.717) is 25.1 Å². The van der Waals surface area contributed by atoms with Gasteiger partial charge >= 0.3 is 5.97 Å². The van der Waals surface area contributed by atoms with Crippen LogP contribution in [0.25, 0.3) is 10.9 Å². The molecule has 1 aliphatic heterocycles. The average Bonchev–Trinajstić information content (AvgIpc) is 3.32. The number of ketones is 1. The molecule has 3 N–H and O–H groups in total. The van der Waals surface area contributed by atoms with E-state index in [2.05, 4.69) is 10.3 Å². The number of benzene rings is 1. The second kappa shape index (κ2) is 8.20. The molecule has 0 aliphatic carbocycles. The zero-order valence-corrected chi connectivity index (χ0v) is 15.0. The van der Waals surface area contributed by atoms with Gasteiger partial charge in [-0.25, -0.2) is 4.39 Å². The van der Waals surface area contributed by atoms with Crippen molar-refractivity contribution in [2.45, 2.75) is 31.3 Å². The van der Waals surface area contributed by atoms with Gasteiger partial charge in [-0.05, 0) is 25.0 Å². The van der Waals surface area contributed by atoms with Crippen LogP contribution >= 0.6 is 0 Å². The number of H-pyrrole nitrogens is 1. The van der Waals surface area contributed by atoms with Crippen molar-refractivity contribution in [2.75, 3.05) is 13.2 Å². The van der Waals surface area contributed by atoms with Gasteiger partial charge in [0.05, 0.1) is 6.42 Å². The van der Waals surface area contributed by atoms with E-state index in [4.69, 9.17) is 5.11 Å². The third-order valence-corrected chi connectivity index (χ3v) is 4.79. The highest BCUT2D eigenvalue weighted by atomic mass is 19.1.